The number of anilines is 1. The van der Waals surface area contributed by atoms with Crippen molar-refractivity contribution in [2.24, 2.45) is 5.92 Å². The standard InChI is InChI=1S/C26H28FN3O3/c1-30(2)10-11-32-24-14-17(18-8-9-29-25(28)15-18)6-7-19(24)13-23(31)21-12-20-4-3-5-22(27)26(20)33-16-21/h3-9,14-15,21H,10-13,16H2,1-2H3,(H2,28,29). The number of hydrogen-bond acceptors (Lipinski definition) is 6. The number of carbonyl (C=O) groups is 1. The molecule has 172 valence electrons. The molecule has 0 saturated heterocycles. The van der Waals surface area contributed by atoms with Gasteiger partial charge in [0.25, 0.3) is 0 Å². The highest BCUT2D eigenvalue weighted by molar-refractivity contribution is 5.85. The minimum absolute atomic E-state index is 0.0447. The lowest BCUT2D eigenvalue weighted by molar-refractivity contribution is -0.123. The number of nitrogens with zero attached hydrogens (tertiary/aromatic N) is 2. The molecule has 1 unspecified atom stereocenters. The maximum Gasteiger partial charge on any atom is 0.165 e. The number of nitrogens with two attached hydrogens (primary N) is 1. The Hall–Kier alpha value is -3.45. The van der Waals surface area contributed by atoms with Crippen molar-refractivity contribution < 1.29 is 18.7 Å². The summed E-state index contributed by atoms with van der Waals surface area (Å²) in [7, 11) is 3.96. The fourth-order valence-electron chi connectivity index (χ4n) is 3.90. The summed E-state index contributed by atoms with van der Waals surface area (Å²) in [4.78, 5) is 19.2. The van der Waals surface area contributed by atoms with E-state index in [1.54, 1.807) is 18.3 Å². The fourth-order valence-corrected chi connectivity index (χ4v) is 3.90. The van der Waals surface area contributed by atoms with Crippen LogP contribution < -0.4 is 15.2 Å². The van der Waals surface area contributed by atoms with Gasteiger partial charge >= 0.3 is 0 Å². The van der Waals surface area contributed by atoms with Gasteiger partial charge in [0.2, 0.25) is 0 Å². The molecular formula is C26H28FN3O3. The minimum Gasteiger partial charge on any atom is -0.492 e. The topological polar surface area (TPSA) is 77.7 Å². The summed E-state index contributed by atoms with van der Waals surface area (Å²) in [5, 5.41) is 0. The molecule has 0 saturated carbocycles. The zero-order valence-electron chi connectivity index (χ0n) is 18.9. The first-order chi connectivity index (χ1) is 15.9. The highest BCUT2D eigenvalue weighted by Gasteiger charge is 2.28. The van der Waals surface area contributed by atoms with E-state index in [1.165, 1.54) is 6.07 Å². The molecule has 0 spiro atoms. The monoisotopic (exact) mass is 449 g/mol. The van der Waals surface area contributed by atoms with Gasteiger partial charge in [0.05, 0.1) is 12.5 Å². The third kappa shape index (κ3) is 5.49. The number of ketones is 1. The Morgan fingerprint density at radius 1 is 1.21 bits per heavy atom. The van der Waals surface area contributed by atoms with Crippen LogP contribution in [0.4, 0.5) is 10.2 Å². The number of benzene rings is 2. The number of halogens is 1. The lowest BCUT2D eigenvalue weighted by Crippen LogP contribution is -2.30. The molecule has 1 atom stereocenters. The van der Waals surface area contributed by atoms with E-state index in [9.17, 15) is 9.18 Å². The Bertz CT molecular complexity index is 1150. The molecule has 1 aliphatic heterocycles. The number of ether oxygens (including phenoxy) is 2. The van der Waals surface area contributed by atoms with Gasteiger partial charge in [-0.1, -0.05) is 24.3 Å². The maximum absolute atomic E-state index is 13.9. The molecule has 0 aliphatic carbocycles. The van der Waals surface area contributed by atoms with Crippen molar-refractivity contribution in [3.05, 3.63) is 71.7 Å². The average molecular weight is 450 g/mol. The third-order valence-electron chi connectivity index (χ3n) is 5.74. The molecule has 0 amide bonds. The molecular weight excluding hydrogens is 421 g/mol. The van der Waals surface area contributed by atoms with Gasteiger partial charge in [-0.25, -0.2) is 9.37 Å². The Morgan fingerprint density at radius 2 is 2.03 bits per heavy atom. The minimum atomic E-state index is -0.387. The second-order valence-electron chi connectivity index (χ2n) is 8.53. The van der Waals surface area contributed by atoms with Gasteiger partial charge in [0, 0.05) is 24.7 Å². The number of fused-ring (bicyclic) bond motifs is 1. The second kappa shape index (κ2) is 10.0. The number of carbonyl (C=O) groups excluding carboxylic acids is 1. The van der Waals surface area contributed by atoms with Crippen LogP contribution >= 0.6 is 0 Å². The summed E-state index contributed by atoms with van der Waals surface area (Å²) in [6, 6.07) is 14.3. The lowest BCUT2D eigenvalue weighted by Gasteiger charge is -2.25. The van der Waals surface area contributed by atoms with E-state index >= 15 is 0 Å². The Morgan fingerprint density at radius 3 is 2.82 bits per heavy atom. The third-order valence-corrected chi connectivity index (χ3v) is 5.74. The van der Waals surface area contributed by atoms with Gasteiger partial charge in [-0.3, -0.25) is 4.79 Å². The first-order valence-corrected chi connectivity index (χ1v) is 11.0. The molecule has 7 heteroatoms. The van der Waals surface area contributed by atoms with Crippen LogP contribution in [0, 0.1) is 11.7 Å². The Labute approximate surface area is 193 Å². The summed E-state index contributed by atoms with van der Waals surface area (Å²) in [6.45, 7) is 1.42. The molecule has 1 aliphatic rings. The van der Waals surface area contributed by atoms with Gasteiger partial charge in [-0.2, -0.15) is 0 Å². The molecule has 0 bridgehead atoms. The van der Waals surface area contributed by atoms with Crippen LogP contribution in [0.15, 0.2) is 54.7 Å². The van der Waals surface area contributed by atoms with E-state index in [1.807, 2.05) is 49.3 Å². The van der Waals surface area contributed by atoms with Gasteiger partial charge in [0.15, 0.2) is 11.6 Å². The lowest BCUT2D eigenvalue weighted by atomic mass is 9.89. The first-order valence-electron chi connectivity index (χ1n) is 11.0. The van der Waals surface area contributed by atoms with Crippen molar-refractivity contribution in [1.82, 2.24) is 9.88 Å². The van der Waals surface area contributed by atoms with E-state index in [0.29, 0.717) is 24.6 Å². The van der Waals surface area contributed by atoms with Crippen molar-refractivity contribution in [1.29, 1.82) is 0 Å². The number of Topliss-reactive ketones (excluding diaryl/α,β-unsaturated/α-hetero) is 1. The van der Waals surface area contributed by atoms with Crippen LogP contribution in [-0.2, 0) is 17.6 Å². The largest absolute Gasteiger partial charge is 0.492 e. The number of pyridine rings is 1. The predicted molar refractivity (Wildman–Crippen MR) is 126 cm³/mol. The molecule has 0 radical (unpaired) electrons. The predicted octanol–water partition coefficient (Wildman–Crippen LogP) is 3.77. The number of rotatable bonds is 8. The van der Waals surface area contributed by atoms with Crippen molar-refractivity contribution in [2.45, 2.75) is 12.8 Å². The van der Waals surface area contributed by atoms with Crippen LogP contribution in [-0.4, -0.2) is 49.5 Å². The van der Waals surface area contributed by atoms with E-state index in [2.05, 4.69) is 4.98 Å². The molecule has 6 nitrogen and oxygen atoms in total. The molecule has 2 heterocycles. The highest BCUT2D eigenvalue weighted by atomic mass is 19.1. The van der Waals surface area contributed by atoms with Crippen LogP contribution in [0.2, 0.25) is 0 Å². The van der Waals surface area contributed by atoms with Gasteiger partial charge in [0.1, 0.15) is 24.0 Å². The van der Waals surface area contributed by atoms with Gasteiger partial charge in [-0.15, -0.1) is 0 Å². The van der Waals surface area contributed by atoms with Crippen molar-refractivity contribution in [2.75, 3.05) is 39.6 Å². The van der Waals surface area contributed by atoms with Crippen LogP contribution in [0.5, 0.6) is 11.5 Å². The zero-order chi connectivity index (χ0) is 23.4. The molecule has 33 heavy (non-hydrogen) atoms. The van der Waals surface area contributed by atoms with Gasteiger partial charge < -0.3 is 20.1 Å². The van der Waals surface area contributed by atoms with E-state index < -0.39 is 0 Å². The highest BCUT2D eigenvalue weighted by Crippen LogP contribution is 2.32. The molecule has 4 rings (SSSR count). The van der Waals surface area contributed by atoms with E-state index in [-0.39, 0.29) is 36.3 Å². The summed E-state index contributed by atoms with van der Waals surface area (Å²) < 4.78 is 25.6. The Kier molecular flexibility index (Phi) is 6.89. The smallest absolute Gasteiger partial charge is 0.165 e. The summed E-state index contributed by atoms with van der Waals surface area (Å²) in [5.74, 6) is 0.700. The number of likely N-dealkylation sites (N-methyl/N-ethyl adjacent to an activating group) is 1. The van der Waals surface area contributed by atoms with Crippen LogP contribution in [0.1, 0.15) is 11.1 Å². The van der Waals surface area contributed by atoms with Crippen molar-refractivity contribution in [3.8, 4) is 22.6 Å². The van der Waals surface area contributed by atoms with Crippen molar-refractivity contribution in [3.63, 3.8) is 0 Å². The summed E-state index contributed by atoms with van der Waals surface area (Å²) in [5.41, 5.74) is 9.25. The van der Waals surface area contributed by atoms with Crippen LogP contribution in [0.3, 0.4) is 0 Å². The maximum atomic E-state index is 13.9. The first kappa shape index (κ1) is 22.7. The summed E-state index contributed by atoms with van der Waals surface area (Å²) in [6.07, 6.45) is 2.35. The normalized spacial score (nSPS) is 15.1. The Balaban J connectivity index is 1.54. The van der Waals surface area contributed by atoms with Crippen molar-refractivity contribution >= 4 is 11.6 Å². The molecule has 3 aromatic rings. The number of nitrogen functional groups attached to an aromatic ring is 1. The van der Waals surface area contributed by atoms with E-state index in [0.717, 1.165) is 28.8 Å². The average Bonchev–Trinajstić information content (AvgIpc) is 2.79. The molecule has 2 N–H and O–H groups in total. The van der Waals surface area contributed by atoms with E-state index in [4.69, 9.17) is 15.2 Å². The summed E-state index contributed by atoms with van der Waals surface area (Å²) >= 11 is 0. The number of aromatic nitrogens is 1. The zero-order valence-corrected chi connectivity index (χ0v) is 18.9. The number of para-hydroxylation sites is 1. The second-order valence-corrected chi connectivity index (χ2v) is 8.53. The molecule has 0 fully saturated rings. The fraction of sp³-hybridized carbons (Fsp3) is 0.308. The van der Waals surface area contributed by atoms with Crippen LogP contribution in [0.25, 0.3) is 11.1 Å². The van der Waals surface area contributed by atoms with Gasteiger partial charge in [-0.05, 0) is 61.5 Å². The molecule has 2 aromatic carbocycles. The SMILES string of the molecule is CN(C)CCOc1cc(-c2ccnc(N)c2)ccc1CC(=O)C1COc2c(F)cccc2C1. The number of hydrogen-bond donors (Lipinski definition) is 1. The quantitative estimate of drug-likeness (QED) is 0.564. The molecule has 1 aromatic heterocycles.